The van der Waals surface area contributed by atoms with E-state index in [9.17, 15) is 0 Å². The number of hydrogen-bond donors (Lipinski definition) is 1. The molecule has 1 aliphatic heterocycles. The van der Waals surface area contributed by atoms with Gasteiger partial charge in [0, 0.05) is 42.7 Å². The summed E-state index contributed by atoms with van der Waals surface area (Å²) in [4.78, 5) is 12.5. The number of aromatic nitrogens is 2. The van der Waals surface area contributed by atoms with Gasteiger partial charge in [-0.25, -0.2) is 9.97 Å². The van der Waals surface area contributed by atoms with Crippen LogP contribution in [-0.2, 0) is 9.48 Å². The smallest absolute Gasteiger partial charge is 0.161 e. The lowest BCUT2D eigenvalue weighted by atomic mass is 9.81. The molecule has 0 bridgehead atoms. The van der Waals surface area contributed by atoms with Gasteiger partial charge >= 0.3 is 0 Å². The Kier molecular flexibility index (Phi) is 4.93. The zero-order chi connectivity index (χ0) is 19.0. The predicted molar refractivity (Wildman–Crippen MR) is 116 cm³/mol. The van der Waals surface area contributed by atoms with Gasteiger partial charge in [0.05, 0.1) is 23.7 Å². The molecule has 1 N–H and O–H groups in total. The van der Waals surface area contributed by atoms with E-state index in [1.54, 1.807) is 0 Å². The molecule has 1 aromatic heterocycles. The first kappa shape index (κ1) is 18.3. The van der Waals surface area contributed by atoms with E-state index >= 15 is 0 Å². The maximum atomic E-state index is 5.56. The van der Waals surface area contributed by atoms with Gasteiger partial charge in [0.1, 0.15) is 5.82 Å². The summed E-state index contributed by atoms with van der Waals surface area (Å²) in [6.07, 6.45) is 6.53. The second-order valence-electron chi connectivity index (χ2n) is 8.03. The highest BCUT2D eigenvalue weighted by Crippen LogP contribution is 2.57. The molecule has 0 atom stereocenters. The zero-order valence-electron chi connectivity index (χ0n) is 16.5. The summed E-state index contributed by atoms with van der Waals surface area (Å²) < 4.78 is 5.76. The number of hydrogen-bond acceptors (Lipinski definition) is 6. The third-order valence-corrected chi connectivity index (χ3v) is 7.90. The van der Waals surface area contributed by atoms with E-state index in [1.807, 2.05) is 7.05 Å². The van der Waals surface area contributed by atoms with Crippen LogP contribution in [0.4, 0.5) is 11.5 Å². The fourth-order valence-corrected chi connectivity index (χ4v) is 5.73. The van der Waals surface area contributed by atoms with Crippen molar-refractivity contribution < 1.29 is 4.74 Å². The molecule has 3 aliphatic rings. The molecule has 2 aliphatic carbocycles. The molecular formula is C22H28N4OS. The van der Waals surface area contributed by atoms with Gasteiger partial charge in [-0.15, -0.1) is 11.8 Å². The Bertz CT molecular complexity index is 827. The maximum Gasteiger partial charge on any atom is 0.161 e. The lowest BCUT2D eigenvalue weighted by Gasteiger charge is -2.41. The van der Waals surface area contributed by atoms with Crippen molar-refractivity contribution >= 4 is 23.3 Å². The Balaban J connectivity index is 1.55. The average molecular weight is 397 g/mol. The van der Waals surface area contributed by atoms with Crippen molar-refractivity contribution in [3.8, 4) is 11.4 Å². The Labute approximate surface area is 171 Å². The molecule has 0 unspecified atom stereocenters. The Morgan fingerprint density at radius 2 is 1.86 bits per heavy atom. The summed E-state index contributed by atoms with van der Waals surface area (Å²) in [7, 11) is 1.94. The van der Waals surface area contributed by atoms with Crippen LogP contribution in [0.2, 0.25) is 0 Å². The lowest BCUT2D eigenvalue weighted by Crippen LogP contribution is -2.38. The summed E-state index contributed by atoms with van der Waals surface area (Å²) in [5, 5.41) is 4.02. The molecule has 148 valence electrons. The highest BCUT2D eigenvalue weighted by Gasteiger charge is 2.45. The first-order valence-corrected chi connectivity index (χ1v) is 11.3. The van der Waals surface area contributed by atoms with Crippen LogP contribution in [-0.4, -0.2) is 48.6 Å². The Morgan fingerprint density at radius 1 is 1.11 bits per heavy atom. The molecule has 1 saturated heterocycles. The minimum Gasteiger partial charge on any atom is -0.388 e. The molecular weight excluding hydrogens is 368 g/mol. The van der Waals surface area contributed by atoms with Crippen LogP contribution in [0.1, 0.15) is 37.8 Å². The van der Waals surface area contributed by atoms with E-state index in [0.717, 1.165) is 54.4 Å². The monoisotopic (exact) mass is 396 g/mol. The van der Waals surface area contributed by atoms with Crippen molar-refractivity contribution in [2.24, 2.45) is 0 Å². The van der Waals surface area contributed by atoms with Gasteiger partial charge in [0.2, 0.25) is 0 Å². The van der Waals surface area contributed by atoms with E-state index in [4.69, 9.17) is 14.7 Å². The molecule has 5 rings (SSSR count). The largest absolute Gasteiger partial charge is 0.388 e. The van der Waals surface area contributed by atoms with Crippen molar-refractivity contribution in [3.63, 3.8) is 0 Å². The van der Waals surface area contributed by atoms with Crippen LogP contribution in [0, 0.1) is 0 Å². The minimum atomic E-state index is 0.199. The fourth-order valence-electron chi connectivity index (χ4n) is 3.97. The molecule has 2 saturated carbocycles. The highest BCUT2D eigenvalue weighted by molar-refractivity contribution is 8.01. The molecule has 3 fully saturated rings. The summed E-state index contributed by atoms with van der Waals surface area (Å²) in [6.45, 7) is 3.34. The van der Waals surface area contributed by atoms with Gasteiger partial charge in [-0.05, 0) is 56.4 Å². The fraction of sp³-hybridized carbons (Fsp3) is 0.545. The lowest BCUT2D eigenvalue weighted by molar-refractivity contribution is 0.122. The summed E-state index contributed by atoms with van der Waals surface area (Å²) in [6, 6.07) is 10.7. The number of nitrogens with zero attached hydrogens (tertiary/aromatic N) is 3. The van der Waals surface area contributed by atoms with Crippen molar-refractivity contribution in [2.45, 2.75) is 42.1 Å². The zero-order valence-corrected chi connectivity index (χ0v) is 17.3. The van der Waals surface area contributed by atoms with Crippen molar-refractivity contribution in [3.05, 3.63) is 36.0 Å². The van der Waals surface area contributed by atoms with Gasteiger partial charge in [0.15, 0.2) is 5.82 Å². The second kappa shape index (κ2) is 7.56. The Hall–Kier alpha value is -1.79. The first-order chi connectivity index (χ1) is 13.8. The summed E-state index contributed by atoms with van der Waals surface area (Å²) in [5.41, 5.74) is 3.43. The molecule has 0 radical (unpaired) electrons. The number of morpholine rings is 1. The van der Waals surface area contributed by atoms with Crippen molar-refractivity contribution in [1.82, 2.24) is 9.97 Å². The van der Waals surface area contributed by atoms with E-state index in [0.29, 0.717) is 0 Å². The molecule has 2 heterocycles. The van der Waals surface area contributed by atoms with Gasteiger partial charge in [0.25, 0.3) is 0 Å². The maximum absolute atomic E-state index is 5.56. The minimum absolute atomic E-state index is 0.199. The summed E-state index contributed by atoms with van der Waals surface area (Å²) in [5.74, 6) is 1.91. The van der Waals surface area contributed by atoms with Crippen LogP contribution in [0.25, 0.3) is 11.4 Å². The molecule has 0 spiro atoms. The van der Waals surface area contributed by atoms with Gasteiger partial charge in [-0.1, -0.05) is 0 Å². The van der Waals surface area contributed by atoms with Gasteiger partial charge in [-0.3, -0.25) is 0 Å². The first-order valence-electron chi connectivity index (χ1n) is 10.4. The SMILES string of the molecule is CNc1ccc(-c2nc(N3CCOCC3)cc(C3(SC4CC4)CCC3)n2)cc1. The molecule has 2 aromatic rings. The number of thioether (sulfide) groups is 1. The van der Waals surface area contributed by atoms with Crippen molar-refractivity contribution in [1.29, 1.82) is 0 Å². The van der Waals surface area contributed by atoms with Crippen LogP contribution in [0.3, 0.4) is 0 Å². The van der Waals surface area contributed by atoms with Crippen molar-refractivity contribution in [2.75, 3.05) is 43.6 Å². The molecule has 5 nitrogen and oxygen atoms in total. The third-order valence-electron chi connectivity index (χ3n) is 6.02. The molecule has 6 heteroatoms. The van der Waals surface area contributed by atoms with Crippen LogP contribution in [0.15, 0.2) is 30.3 Å². The summed E-state index contributed by atoms with van der Waals surface area (Å²) >= 11 is 2.17. The number of rotatable bonds is 6. The standard InChI is InChI=1S/C22H28N4OS/c1-23-17-5-3-16(4-6-17)21-24-19(22(9-2-10-22)28-18-7-8-18)15-20(25-21)26-11-13-27-14-12-26/h3-6,15,18,23H,2,7-14H2,1H3. The second-order valence-corrected chi connectivity index (χ2v) is 9.71. The van der Waals surface area contributed by atoms with E-state index in [-0.39, 0.29) is 4.75 Å². The molecule has 0 amide bonds. The van der Waals surface area contributed by atoms with Crippen LogP contribution in [0.5, 0.6) is 0 Å². The normalized spacial score (nSPS) is 21.2. The van der Waals surface area contributed by atoms with E-state index in [2.05, 4.69) is 52.3 Å². The number of nitrogens with one attached hydrogen (secondary N) is 1. The highest BCUT2D eigenvalue weighted by atomic mass is 32.2. The van der Waals surface area contributed by atoms with E-state index in [1.165, 1.54) is 37.8 Å². The van der Waals surface area contributed by atoms with Gasteiger partial charge in [-0.2, -0.15) is 0 Å². The number of ether oxygens (including phenoxy) is 1. The predicted octanol–water partition coefficient (Wildman–Crippen LogP) is 4.30. The molecule has 1 aromatic carbocycles. The topological polar surface area (TPSA) is 50.3 Å². The van der Waals surface area contributed by atoms with Gasteiger partial charge < -0.3 is 15.0 Å². The average Bonchev–Trinajstić information content (AvgIpc) is 3.55. The number of anilines is 2. The Morgan fingerprint density at radius 3 is 2.46 bits per heavy atom. The van der Waals surface area contributed by atoms with Crippen LogP contribution < -0.4 is 10.2 Å². The quantitative estimate of drug-likeness (QED) is 0.786. The number of benzene rings is 1. The third kappa shape index (κ3) is 3.60. The molecule has 28 heavy (non-hydrogen) atoms. The van der Waals surface area contributed by atoms with Crippen LogP contribution >= 0.6 is 11.8 Å². The van der Waals surface area contributed by atoms with E-state index < -0.39 is 0 Å².